The van der Waals surface area contributed by atoms with Crippen molar-refractivity contribution in [2.75, 3.05) is 26.2 Å². The van der Waals surface area contributed by atoms with Gasteiger partial charge in [-0.3, -0.25) is 4.79 Å². The van der Waals surface area contributed by atoms with E-state index in [1.165, 1.54) is 18.2 Å². The lowest BCUT2D eigenvalue weighted by molar-refractivity contribution is 0.0655. The van der Waals surface area contributed by atoms with Crippen molar-refractivity contribution in [3.05, 3.63) is 42.5 Å². The summed E-state index contributed by atoms with van der Waals surface area (Å²) in [6.07, 6.45) is 1.47. The molecule has 1 amide bonds. The predicted octanol–water partition coefficient (Wildman–Crippen LogP) is 1.01. The first-order chi connectivity index (χ1) is 10.5. The van der Waals surface area contributed by atoms with Crippen LogP contribution in [-0.2, 0) is 10.0 Å². The second-order valence-corrected chi connectivity index (χ2v) is 6.98. The minimum absolute atomic E-state index is 0. The summed E-state index contributed by atoms with van der Waals surface area (Å²) in [7, 11) is -3.56. The van der Waals surface area contributed by atoms with Crippen LogP contribution in [0.5, 0.6) is 0 Å². The number of rotatable bonds is 5. The molecule has 2 N–H and O–H groups in total. The molecule has 0 aromatic heterocycles. The van der Waals surface area contributed by atoms with E-state index in [9.17, 15) is 13.2 Å². The number of benzene rings is 1. The van der Waals surface area contributed by atoms with Crippen LogP contribution in [0.4, 0.5) is 0 Å². The van der Waals surface area contributed by atoms with Crippen LogP contribution in [-0.4, -0.2) is 51.4 Å². The molecule has 2 rings (SSSR count). The smallest absolute Gasteiger partial charge is 0.254 e. The van der Waals surface area contributed by atoms with E-state index in [0.29, 0.717) is 12.1 Å². The molecular formula is C15H22ClN3O3S. The Kier molecular flexibility index (Phi) is 7.21. The van der Waals surface area contributed by atoms with Gasteiger partial charge in [0.15, 0.2) is 0 Å². The zero-order valence-electron chi connectivity index (χ0n) is 13.0. The van der Waals surface area contributed by atoms with Gasteiger partial charge in [-0.05, 0) is 31.2 Å². The Morgan fingerprint density at radius 2 is 2.09 bits per heavy atom. The minimum atomic E-state index is -3.56. The zero-order valence-corrected chi connectivity index (χ0v) is 14.6. The Hall–Kier alpha value is -1.41. The molecule has 1 aliphatic rings. The summed E-state index contributed by atoms with van der Waals surface area (Å²) in [5, 5.41) is 3.23. The van der Waals surface area contributed by atoms with Crippen molar-refractivity contribution in [3.8, 4) is 0 Å². The lowest BCUT2D eigenvalue weighted by atomic mass is 10.1. The molecule has 1 aromatic rings. The van der Waals surface area contributed by atoms with Gasteiger partial charge in [0.25, 0.3) is 5.91 Å². The molecule has 8 heteroatoms. The van der Waals surface area contributed by atoms with Crippen LogP contribution in [0.1, 0.15) is 17.3 Å². The lowest BCUT2D eigenvalue weighted by Crippen LogP contribution is -2.52. The van der Waals surface area contributed by atoms with Gasteiger partial charge in [-0.25, -0.2) is 13.1 Å². The summed E-state index contributed by atoms with van der Waals surface area (Å²) in [5.74, 6) is -0.0722. The van der Waals surface area contributed by atoms with Crippen LogP contribution in [0.25, 0.3) is 0 Å². The fraction of sp³-hybridized carbons (Fsp3) is 0.400. The monoisotopic (exact) mass is 359 g/mol. The highest BCUT2D eigenvalue weighted by molar-refractivity contribution is 7.89. The molecule has 1 heterocycles. The molecule has 0 bridgehead atoms. The molecule has 1 aromatic carbocycles. The quantitative estimate of drug-likeness (QED) is 0.769. The number of sulfonamides is 1. The van der Waals surface area contributed by atoms with E-state index < -0.39 is 10.0 Å². The molecular weight excluding hydrogens is 338 g/mol. The van der Waals surface area contributed by atoms with Crippen molar-refractivity contribution in [3.63, 3.8) is 0 Å². The fourth-order valence-electron chi connectivity index (χ4n) is 2.34. The number of hydrogen-bond donors (Lipinski definition) is 2. The summed E-state index contributed by atoms with van der Waals surface area (Å²) >= 11 is 0. The predicted molar refractivity (Wildman–Crippen MR) is 92.4 cm³/mol. The number of hydrogen-bond acceptors (Lipinski definition) is 4. The molecule has 0 unspecified atom stereocenters. The number of piperazine rings is 1. The topological polar surface area (TPSA) is 78.5 Å². The van der Waals surface area contributed by atoms with E-state index in [4.69, 9.17) is 0 Å². The van der Waals surface area contributed by atoms with Crippen LogP contribution in [0, 0.1) is 0 Å². The van der Waals surface area contributed by atoms with Gasteiger partial charge in [0.05, 0.1) is 4.90 Å². The Morgan fingerprint density at radius 3 is 2.65 bits per heavy atom. The van der Waals surface area contributed by atoms with Crippen LogP contribution >= 0.6 is 12.4 Å². The average molecular weight is 360 g/mol. The van der Waals surface area contributed by atoms with Crippen molar-refractivity contribution >= 4 is 28.3 Å². The van der Waals surface area contributed by atoms with Crippen molar-refractivity contribution in [2.45, 2.75) is 17.9 Å². The summed E-state index contributed by atoms with van der Waals surface area (Å²) in [5.41, 5.74) is 0.497. The van der Waals surface area contributed by atoms with Crippen LogP contribution < -0.4 is 10.0 Å². The molecule has 6 nitrogen and oxygen atoms in total. The van der Waals surface area contributed by atoms with Gasteiger partial charge in [-0.2, -0.15) is 0 Å². The van der Waals surface area contributed by atoms with Crippen molar-refractivity contribution in [1.29, 1.82) is 0 Å². The third-order valence-corrected chi connectivity index (χ3v) is 5.03. The highest BCUT2D eigenvalue weighted by Crippen LogP contribution is 2.14. The minimum Gasteiger partial charge on any atom is -0.333 e. The number of nitrogens with zero attached hydrogens (tertiary/aromatic N) is 1. The molecule has 0 aliphatic carbocycles. The number of halogens is 1. The Morgan fingerprint density at radius 1 is 1.43 bits per heavy atom. The number of amides is 1. The van der Waals surface area contributed by atoms with Gasteiger partial charge >= 0.3 is 0 Å². The van der Waals surface area contributed by atoms with Crippen molar-refractivity contribution in [1.82, 2.24) is 14.9 Å². The third kappa shape index (κ3) is 4.78. The van der Waals surface area contributed by atoms with Crippen LogP contribution in [0.3, 0.4) is 0 Å². The van der Waals surface area contributed by atoms with E-state index in [1.54, 1.807) is 17.0 Å². The summed E-state index contributed by atoms with van der Waals surface area (Å²) in [6.45, 7) is 7.82. The molecule has 1 aliphatic heterocycles. The standard InChI is InChI=1S/C15H21N3O3S.ClH/c1-3-8-17-22(20,21)14-6-4-13(5-7-14)15(19)18-10-9-16-11-12(18)2;/h3-7,12,16-17H,1,8-11H2,2H3;1H/t12-;/m0./s1. The highest BCUT2D eigenvalue weighted by atomic mass is 35.5. The fourth-order valence-corrected chi connectivity index (χ4v) is 3.34. The molecule has 0 spiro atoms. The normalized spacial score (nSPS) is 18.1. The molecule has 1 fully saturated rings. The van der Waals surface area contributed by atoms with Gasteiger partial charge in [0.1, 0.15) is 0 Å². The van der Waals surface area contributed by atoms with Crippen LogP contribution in [0.15, 0.2) is 41.8 Å². The number of carbonyl (C=O) groups is 1. The molecule has 0 saturated carbocycles. The van der Waals surface area contributed by atoms with Gasteiger partial charge in [-0.15, -0.1) is 19.0 Å². The third-order valence-electron chi connectivity index (χ3n) is 3.59. The largest absolute Gasteiger partial charge is 0.333 e. The SMILES string of the molecule is C=CCNS(=O)(=O)c1ccc(C(=O)N2CCNC[C@@H]2C)cc1.Cl. The zero-order chi connectivity index (χ0) is 16.2. The maximum absolute atomic E-state index is 12.5. The molecule has 1 saturated heterocycles. The summed E-state index contributed by atoms with van der Waals surface area (Å²) < 4.78 is 26.3. The first-order valence-electron chi connectivity index (χ1n) is 7.18. The van der Waals surface area contributed by atoms with E-state index in [1.807, 2.05) is 6.92 Å². The first kappa shape index (κ1) is 19.6. The lowest BCUT2D eigenvalue weighted by Gasteiger charge is -2.34. The molecule has 0 radical (unpaired) electrons. The average Bonchev–Trinajstić information content (AvgIpc) is 2.53. The maximum atomic E-state index is 12.5. The Labute approximate surface area is 143 Å². The Bertz CT molecular complexity index is 646. The molecule has 1 atom stereocenters. The van der Waals surface area contributed by atoms with Gasteiger partial charge < -0.3 is 10.2 Å². The van der Waals surface area contributed by atoms with E-state index in [2.05, 4.69) is 16.6 Å². The molecule has 128 valence electrons. The Balaban J connectivity index is 0.00000264. The first-order valence-corrected chi connectivity index (χ1v) is 8.66. The summed E-state index contributed by atoms with van der Waals surface area (Å²) in [6, 6.07) is 6.13. The van der Waals surface area contributed by atoms with Gasteiger partial charge in [-0.1, -0.05) is 6.08 Å². The maximum Gasteiger partial charge on any atom is 0.254 e. The second-order valence-electron chi connectivity index (χ2n) is 5.22. The second kappa shape index (κ2) is 8.44. The van der Waals surface area contributed by atoms with E-state index in [-0.39, 0.29) is 35.8 Å². The van der Waals surface area contributed by atoms with Crippen molar-refractivity contribution < 1.29 is 13.2 Å². The highest BCUT2D eigenvalue weighted by Gasteiger charge is 2.24. The van der Waals surface area contributed by atoms with Crippen molar-refractivity contribution in [2.24, 2.45) is 0 Å². The van der Waals surface area contributed by atoms with Gasteiger partial charge in [0.2, 0.25) is 10.0 Å². The number of nitrogens with one attached hydrogen (secondary N) is 2. The van der Waals surface area contributed by atoms with E-state index in [0.717, 1.165) is 13.1 Å². The van der Waals surface area contributed by atoms with Crippen LogP contribution in [0.2, 0.25) is 0 Å². The molecule has 23 heavy (non-hydrogen) atoms. The van der Waals surface area contributed by atoms with E-state index >= 15 is 0 Å². The van der Waals surface area contributed by atoms with Gasteiger partial charge in [0, 0.05) is 37.8 Å². The number of carbonyl (C=O) groups excluding carboxylic acids is 1. The summed E-state index contributed by atoms with van der Waals surface area (Å²) in [4.78, 5) is 14.4.